The first-order chi connectivity index (χ1) is 9.08. The van der Waals surface area contributed by atoms with Crippen molar-refractivity contribution in [2.24, 2.45) is 0 Å². The summed E-state index contributed by atoms with van der Waals surface area (Å²) in [5.74, 6) is -1.53. The molecule has 1 aromatic heterocycles. The second-order valence-corrected chi connectivity index (χ2v) is 5.22. The van der Waals surface area contributed by atoms with Crippen LogP contribution in [0.2, 0.25) is 0 Å². The molecule has 0 saturated heterocycles. The van der Waals surface area contributed by atoms with Crippen molar-refractivity contribution in [2.45, 2.75) is 13.5 Å². The van der Waals surface area contributed by atoms with Crippen LogP contribution in [0.25, 0.3) is 0 Å². The maximum atomic E-state index is 12.0. The van der Waals surface area contributed by atoms with Gasteiger partial charge in [0, 0.05) is 11.1 Å². The second kappa shape index (κ2) is 5.62. The Hall–Kier alpha value is -2.21. The number of aryl methyl sites for hydroxylation is 1. The molecule has 5 nitrogen and oxygen atoms in total. The van der Waals surface area contributed by atoms with Crippen LogP contribution in [0.15, 0.2) is 30.5 Å². The normalized spacial score (nSPS) is 10.2. The Labute approximate surface area is 113 Å². The zero-order valence-electron chi connectivity index (χ0n) is 10.2. The van der Waals surface area contributed by atoms with Gasteiger partial charge in [0.25, 0.3) is 5.91 Å². The maximum absolute atomic E-state index is 12.0. The Morgan fingerprint density at radius 2 is 2.00 bits per heavy atom. The van der Waals surface area contributed by atoms with Gasteiger partial charge in [0.2, 0.25) is 0 Å². The predicted molar refractivity (Wildman–Crippen MR) is 71.4 cm³/mol. The molecule has 0 radical (unpaired) electrons. The third-order valence-corrected chi connectivity index (χ3v) is 3.38. The summed E-state index contributed by atoms with van der Waals surface area (Å²) in [6, 6.07) is 6.12. The summed E-state index contributed by atoms with van der Waals surface area (Å²) in [6.07, 6.45) is 1.73. The molecule has 0 spiro atoms. The number of aromatic carboxylic acids is 1. The predicted octanol–water partition coefficient (Wildman–Crippen LogP) is 2.08. The minimum absolute atomic E-state index is 0.00433. The van der Waals surface area contributed by atoms with Gasteiger partial charge in [-0.3, -0.25) is 4.79 Å². The van der Waals surface area contributed by atoms with Crippen LogP contribution < -0.4 is 5.32 Å². The molecule has 6 heteroatoms. The van der Waals surface area contributed by atoms with E-state index in [0.29, 0.717) is 6.54 Å². The largest absolute Gasteiger partial charge is 0.478 e. The average molecular weight is 276 g/mol. The van der Waals surface area contributed by atoms with E-state index in [4.69, 9.17) is 5.11 Å². The lowest BCUT2D eigenvalue weighted by Crippen LogP contribution is -2.24. The number of carbonyl (C=O) groups excluding carboxylic acids is 1. The Morgan fingerprint density at radius 1 is 1.32 bits per heavy atom. The molecule has 2 rings (SSSR count). The van der Waals surface area contributed by atoms with Crippen LogP contribution in [0.1, 0.15) is 30.6 Å². The summed E-state index contributed by atoms with van der Waals surface area (Å²) in [4.78, 5) is 28.2. The van der Waals surface area contributed by atoms with Gasteiger partial charge in [-0.25, -0.2) is 9.78 Å². The van der Waals surface area contributed by atoms with Gasteiger partial charge in [0.15, 0.2) is 0 Å². The minimum atomic E-state index is -1.11. The van der Waals surface area contributed by atoms with Crippen molar-refractivity contribution >= 4 is 23.2 Å². The molecule has 19 heavy (non-hydrogen) atoms. The fourth-order valence-electron chi connectivity index (χ4n) is 1.60. The third-order valence-electron chi connectivity index (χ3n) is 2.47. The molecule has 1 amide bonds. The van der Waals surface area contributed by atoms with Crippen molar-refractivity contribution in [3.8, 4) is 0 Å². The molecular formula is C13H12N2O3S. The number of carbonyl (C=O) groups is 2. The van der Waals surface area contributed by atoms with E-state index in [-0.39, 0.29) is 11.1 Å². The standard InChI is InChI=1S/C13H12N2O3S/c1-8-6-14-11(19-8)7-15-12(16)9-4-2-3-5-10(9)13(17)18/h2-6H,7H2,1H3,(H,15,16)(H,17,18). The first-order valence-corrected chi connectivity index (χ1v) is 6.41. The second-order valence-electron chi connectivity index (χ2n) is 3.90. The summed E-state index contributed by atoms with van der Waals surface area (Å²) in [5.41, 5.74) is 0.151. The van der Waals surface area contributed by atoms with Gasteiger partial charge in [-0.15, -0.1) is 11.3 Å². The van der Waals surface area contributed by atoms with Crippen molar-refractivity contribution in [2.75, 3.05) is 0 Å². The quantitative estimate of drug-likeness (QED) is 0.896. The number of nitrogens with one attached hydrogen (secondary N) is 1. The fourth-order valence-corrected chi connectivity index (χ4v) is 2.33. The summed E-state index contributed by atoms with van der Waals surface area (Å²) < 4.78 is 0. The number of amides is 1. The Balaban J connectivity index is 2.10. The number of benzene rings is 1. The van der Waals surface area contributed by atoms with E-state index in [2.05, 4.69) is 10.3 Å². The molecular weight excluding hydrogens is 264 g/mol. The van der Waals surface area contributed by atoms with Crippen LogP contribution in [-0.4, -0.2) is 22.0 Å². The van der Waals surface area contributed by atoms with Crippen molar-refractivity contribution in [3.63, 3.8) is 0 Å². The number of rotatable bonds is 4. The highest BCUT2D eigenvalue weighted by atomic mass is 32.1. The van der Waals surface area contributed by atoms with Crippen LogP contribution in [0.4, 0.5) is 0 Å². The van der Waals surface area contributed by atoms with Gasteiger partial charge >= 0.3 is 5.97 Å². The van der Waals surface area contributed by atoms with E-state index in [1.54, 1.807) is 18.3 Å². The molecule has 0 unspecified atom stereocenters. The number of aromatic nitrogens is 1. The van der Waals surface area contributed by atoms with E-state index in [0.717, 1.165) is 9.88 Å². The number of hydrogen-bond donors (Lipinski definition) is 2. The monoisotopic (exact) mass is 276 g/mol. The minimum Gasteiger partial charge on any atom is -0.478 e. The number of thiazole rings is 1. The molecule has 1 heterocycles. The van der Waals surface area contributed by atoms with E-state index >= 15 is 0 Å². The Morgan fingerprint density at radius 3 is 2.58 bits per heavy atom. The number of hydrogen-bond acceptors (Lipinski definition) is 4. The molecule has 0 aliphatic rings. The maximum Gasteiger partial charge on any atom is 0.336 e. The average Bonchev–Trinajstić information content (AvgIpc) is 2.81. The first-order valence-electron chi connectivity index (χ1n) is 5.60. The highest BCUT2D eigenvalue weighted by Crippen LogP contribution is 2.12. The number of nitrogens with zero attached hydrogens (tertiary/aromatic N) is 1. The lowest BCUT2D eigenvalue weighted by Gasteiger charge is -2.06. The summed E-state index contributed by atoms with van der Waals surface area (Å²) in [6.45, 7) is 2.23. The van der Waals surface area contributed by atoms with Gasteiger partial charge in [0.1, 0.15) is 5.01 Å². The molecule has 98 valence electrons. The molecule has 0 aliphatic carbocycles. The summed E-state index contributed by atoms with van der Waals surface area (Å²) in [7, 11) is 0. The molecule has 0 aliphatic heterocycles. The van der Waals surface area contributed by atoms with Crippen LogP contribution in [0, 0.1) is 6.92 Å². The zero-order valence-corrected chi connectivity index (χ0v) is 11.0. The molecule has 2 N–H and O–H groups in total. The number of carboxylic acids is 1. The Bertz CT molecular complexity index is 622. The van der Waals surface area contributed by atoms with Crippen LogP contribution in [-0.2, 0) is 6.54 Å². The highest BCUT2D eigenvalue weighted by molar-refractivity contribution is 7.11. The lowest BCUT2D eigenvalue weighted by molar-refractivity contribution is 0.0691. The smallest absolute Gasteiger partial charge is 0.336 e. The summed E-state index contributed by atoms with van der Waals surface area (Å²) >= 11 is 1.49. The van der Waals surface area contributed by atoms with E-state index in [1.807, 2.05) is 6.92 Å². The zero-order chi connectivity index (χ0) is 13.8. The topological polar surface area (TPSA) is 79.3 Å². The van der Waals surface area contributed by atoms with E-state index in [1.165, 1.54) is 23.5 Å². The lowest BCUT2D eigenvalue weighted by atomic mass is 10.1. The fraction of sp³-hybridized carbons (Fsp3) is 0.154. The van der Waals surface area contributed by atoms with Crippen molar-refractivity contribution in [1.29, 1.82) is 0 Å². The van der Waals surface area contributed by atoms with Gasteiger partial charge in [0.05, 0.1) is 17.7 Å². The molecule has 0 bridgehead atoms. The van der Waals surface area contributed by atoms with Gasteiger partial charge in [-0.05, 0) is 19.1 Å². The summed E-state index contributed by atoms with van der Waals surface area (Å²) in [5, 5.41) is 12.5. The molecule has 2 aromatic rings. The molecule has 1 aromatic carbocycles. The van der Waals surface area contributed by atoms with E-state index in [9.17, 15) is 9.59 Å². The Kier molecular flexibility index (Phi) is 3.91. The molecule has 0 atom stereocenters. The van der Waals surface area contributed by atoms with Crippen molar-refractivity contribution in [1.82, 2.24) is 10.3 Å². The van der Waals surface area contributed by atoms with Gasteiger partial charge in [-0.2, -0.15) is 0 Å². The molecule has 0 fully saturated rings. The van der Waals surface area contributed by atoms with Gasteiger partial charge < -0.3 is 10.4 Å². The van der Waals surface area contributed by atoms with Crippen molar-refractivity contribution in [3.05, 3.63) is 51.5 Å². The SMILES string of the molecule is Cc1cnc(CNC(=O)c2ccccc2C(=O)O)s1. The molecule has 0 saturated carbocycles. The first kappa shape index (κ1) is 13.2. The highest BCUT2D eigenvalue weighted by Gasteiger charge is 2.15. The third kappa shape index (κ3) is 3.17. The van der Waals surface area contributed by atoms with Crippen LogP contribution >= 0.6 is 11.3 Å². The van der Waals surface area contributed by atoms with Crippen LogP contribution in [0.5, 0.6) is 0 Å². The van der Waals surface area contributed by atoms with Crippen molar-refractivity contribution < 1.29 is 14.7 Å². The van der Waals surface area contributed by atoms with E-state index < -0.39 is 11.9 Å². The number of carboxylic acid groups (broad SMARTS) is 1. The van der Waals surface area contributed by atoms with Crippen LogP contribution in [0.3, 0.4) is 0 Å². The van der Waals surface area contributed by atoms with Gasteiger partial charge in [-0.1, -0.05) is 12.1 Å².